The molecule has 3 saturated heterocycles. The van der Waals surface area contributed by atoms with E-state index in [0.717, 1.165) is 25.2 Å². The van der Waals surface area contributed by atoms with E-state index in [1.807, 2.05) is 4.90 Å². The van der Waals surface area contributed by atoms with E-state index in [4.69, 9.17) is 37.4 Å². The Hall–Kier alpha value is -2.07. The molecule has 0 aliphatic carbocycles. The van der Waals surface area contributed by atoms with Gasteiger partial charge in [-0.1, -0.05) is 23.2 Å². The van der Waals surface area contributed by atoms with Crippen LogP contribution in [0.3, 0.4) is 0 Å². The summed E-state index contributed by atoms with van der Waals surface area (Å²) in [6.45, 7) is 6.69. The Labute approximate surface area is 237 Å². The van der Waals surface area contributed by atoms with Gasteiger partial charge in [-0.2, -0.15) is 4.98 Å². The summed E-state index contributed by atoms with van der Waals surface area (Å²) in [6, 6.07) is 3.31. The van der Waals surface area contributed by atoms with Crippen molar-refractivity contribution in [3.8, 4) is 0 Å². The Morgan fingerprint density at radius 3 is 1.85 bits per heavy atom. The van der Waals surface area contributed by atoms with Crippen LogP contribution in [0.5, 0.6) is 0 Å². The second-order valence-electron chi connectivity index (χ2n) is 9.35. The number of rotatable bonds is 6. The highest BCUT2D eigenvalue weighted by atomic mass is 35.5. The monoisotopic (exact) mass is 605 g/mol. The molecule has 0 spiro atoms. The Morgan fingerprint density at radius 2 is 1.33 bits per heavy atom. The fourth-order valence-electron chi connectivity index (χ4n) is 4.24. The van der Waals surface area contributed by atoms with Gasteiger partial charge in [0.1, 0.15) is 21.9 Å². The number of halogens is 2. The molecule has 0 amide bonds. The van der Waals surface area contributed by atoms with Crippen LogP contribution in [-0.4, -0.2) is 118 Å². The fraction of sp³-hybridized carbons (Fsp3) is 0.652. The molecule has 0 atom stereocenters. The van der Waals surface area contributed by atoms with Gasteiger partial charge in [-0.05, 0) is 12.8 Å². The van der Waals surface area contributed by atoms with Crippen molar-refractivity contribution < 1.29 is 27.7 Å². The van der Waals surface area contributed by atoms with Crippen LogP contribution in [0, 0.1) is 0 Å². The van der Waals surface area contributed by atoms with Gasteiger partial charge >= 0.3 is 0 Å². The lowest BCUT2D eigenvalue weighted by Gasteiger charge is -2.36. The van der Waals surface area contributed by atoms with Crippen LogP contribution in [0.15, 0.2) is 17.3 Å². The van der Waals surface area contributed by atoms with Gasteiger partial charge in [-0.25, -0.2) is 23.4 Å². The van der Waals surface area contributed by atoms with Crippen molar-refractivity contribution in [2.24, 2.45) is 0 Å². The number of morpholine rings is 2. The zero-order valence-corrected chi connectivity index (χ0v) is 24.0. The summed E-state index contributed by atoms with van der Waals surface area (Å²) in [5, 5.41) is 13.3. The molecule has 2 aromatic rings. The van der Waals surface area contributed by atoms with Crippen LogP contribution in [0.1, 0.15) is 12.8 Å². The maximum Gasteiger partial charge on any atom is 0.250 e. The van der Waals surface area contributed by atoms with E-state index in [2.05, 4.69) is 30.2 Å². The highest BCUT2D eigenvalue weighted by molar-refractivity contribution is 7.90. The molecule has 0 aromatic carbocycles. The van der Waals surface area contributed by atoms with Crippen LogP contribution < -0.4 is 15.1 Å². The zero-order chi connectivity index (χ0) is 27.9. The zero-order valence-electron chi connectivity index (χ0n) is 21.7. The Kier molecular flexibility index (Phi) is 10.4. The number of aliphatic hydroxyl groups excluding tert-OH is 1. The van der Waals surface area contributed by atoms with Gasteiger partial charge < -0.3 is 34.4 Å². The number of nitrogens with one attached hydrogen (secondary N) is 1. The molecule has 5 rings (SSSR count). The summed E-state index contributed by atoms with van der Waals surface area (Å²) >= 11 is 11.9. The van der Waals surface area contributed by atoms with Crippen molar-refractivity contribution in [3.63, 3.8) is 0 Å². The number of hydrogen-bond acceptors (Lipinski definition) is 13. The van der Waals surface area contributed by atoms with Gasteiger partial charge in [-0.15, -0.1) is 0 Å². The van der Waals surface area contributed by atoms with Crippen molar-refractivity contribution in [3.05, 3.63) is 22.4 Å². The van der Waals surface area contributed by atoms with E-state index in [0.29, 0.717) is 82.5 Å². The van der Waals surface area contributed by atoms with E-state index in [1.54, 1.807) is 12.1 Å². The number of nitrogens with zero attached hydrogens (tertiary/aromatic N) is 6. The fourth-order valence-corrected chi connectivity index (χ4v) is 5.17. The van der Waals surface area contributed by atoms with Crippen molar-refractivity contribution in [1.82, 2.24) is 19.9 Å². The summed E-state index contributed by atoms with van der Waals surface area (Å²) in [5.41, 5.74) is -0.439. The van der Waals surface area contributed by atoms with E-state index in [1.165, 1.54) is 0 Å². The summed E-state index contributed by atoms with van der Waals surface area (Å²) in [4.78, 5) is 20.6. The van der Waals surface area contributed by atoms with Crippen LogP contribution in [0.2, 0.25) is 10.3 Å². The number of hydrogen-bond donors (Lipinski definition) is 2. The smallest absolute Gasteiger partial charge is 0.250 e. The van der Waals surface area contributed by atoms with E-state index >= 15 is 0 Å². The predicted octanol–water partition coefficient (Wildman–Crippen LogP) is 1.29. The lowest BCUT2D eigenvalue weighted by molar-refractivity contribution is 0.0377. The maximum atomic E-state index is 11.4. The predicted molar refractivity (Wildman–Crippen MR) is 147 cm³/mol. The average molecular weight is 607 g/mol. The maximum absolute atomic E-state index is 11.4. The highest BCUT2D eigenvalue weighted by Gasteiger charge is 2.33. The Balaban J connectivity index is 0.000000187. The largest absolute Gasteiger partial charge is 0.394 e. The molecule has 0 unspecified atom stereocenters. The number of anilines is 3. The third-order valence-electron chi connectivity index (χ3n) is 6.47. The van der Waals surface area contributed by atoms with Crippen molar-refractivity contribution in [2.45, 2.75) is 23.5 Å². The van der Waals surface area contributed by atoms with Gasteiger partial charge in [0.05, 0.1) is 38.6 Å². The van der Waals surface area contributed by atoms with Crippen LogP contribution in [-0.2, 0) is 24.0 Å². The SMILES string of the molecule is CS(=O)(=O)c1nc(Cl)cc(N2CCOCC2)n1.OCC1(Nc2nc(Cl)cc(N3CCOCC3)n2)CCOCC1. The topological polar surface area (TPSA) is 152 Å². The molecular formula is C23H33Cl2N7O6S. The number of aromatic nitrogens is 4. The summed E-state index contributed by atoms with van der Waals surface area (Å²) in [6.07, 6.45) is 2.49. The third kappa shape index (κ3) is 8.46. The molecule has 0 radical (unpaired) electrons. The molecule has 3 fully saturated rings. The van der Waals surface area contributed by atoms with Crippen molar-refractivity contribution in [2.75, 3.05) is 93.8 Å². The highest BCUT2D eigenvalue weighted by Crippen LogP contribution is 2.27. The Bertz CT molecular complexity index is 1210. The van der Waals surface area contributed by atoms with Gasteiger partial charge in [0, 0.05) is 57.8 Å². The molecular weight excluding hydrogens is 573 g/mol. The minimum absolute atomic E-state index is 0.0130. The molecule has 13 nitrogen and oxygen atoms in total. The van der Waals surface area contributed by atoms with Gasteiger partial charge in [0.2, 0.25) is 20.9 Å². The molecule has 3 aliphatic heterocycles. The van der Waals surface area contributed by atoms with Crippen molar-refractivity contribution in [1.29, 1.82) is 0 Å². The van der Waals surface area contributed by atoms with Crippen LogP contribution in [0.25, 0.3) is 0 Å². The summed E-state index contributed by atoms with van der Waals surface area (Å²) < 4.78 is 38.7. The lowest BCUT2D eigenvalue weighted by atomic mass is 9.91. The van der Waals surface area contributed by atoms with E-state index in [-0.39, 0.29) is 16.9 Å². The van der Waals surface area contributed by atoms with Crippen LogP contribution in [0.4, 0.5) is 17.6 Å². The standard InChI is InChI=1S/C14H21ClN4O3.C9H12ClN3O3S/c15-11-9-12(19-3-7-22-8-4-19)17-13(16-11)18-14(10-20)1-5-21-6-2-14;1-17(14,15)9-11-7(10)6-8(12-9)13-2-4-16-5-3-13/h9,20H,1-8,10H2,(H,16,17,18);6H,2-5H2,1H3. The number of ether oxygens (including phenoxy) is 3. The lowest BCUT2D eigenvalue weighted by Crippen LogP contribution is -2.47. The second kappa shape index (κ2) is 13.5. The molecule has 0 saturated carbocycles. The molecule has 2 aromatic heterocycles. The first-order chi connectivity index (χ1) is 18.7. The van der Waals surface area contributed by atoms with Gasteiger partial charge in [0.15, 0.2) is 0 Å². The summed E-state index contributed by atoms with van der Waals surface area (Å²) in [7, 11) is -3.45. The number of sulfone groups is 1. The van der Waals surface area contributed by atoms with Gasteiger partial charge in [-0.3, -0.25) is 0 Å². The molecule has 3 aliphatic rings. The molecule has 216 valence electrons. The normalized spacial score (nSPS) is 19.7. The Morgan fingerprint density at radius 1 is 0.846 bits per heavy atom. The molecule has 0 bridgehead atoms. The van der Waals surface area contributed by atoms with E-state index < -0.39 is 15.4 Å². The van der Waals surface area contributed by atoms with Crippen molar-refractivity contribution >= 4 is 50.6 Å². The average Bonchev–Trinajstić information content (AvgIpc) is 2.94. The van der Waals surface area contributed by atoms with E-state index in [9.17, 15) is 13.5 Å². The third-order valence-corrected chi connectivity index (χ3v) is 7.71. The first kappa shape index (κ1) is 29.9. The minimum Gasteiger partial charge on any atom is -0.394 e. The number of aliphatic hydroxyl groups is 1. The molecule has 2 N–H and O–H groups in total. The van der Waals surface area contributed by atoms with Gasteiger partial charge in [0.25, 0.3) is 0 Å². The molecule has 5 heterocycles. The molecule has 39 heavy (non-hydrogen) atoms. The summed E-state index contributed by atoms with van der Waals surface area (Å²) in [5.74, 6) is 1.75. The first-order valence-corrected chi connectivity index (χ1v) is 15.2. The quantitative estimate of drug-likeness (QED) is 0.359. The molecule has 16 heteroatoms. The first-order valence-electron chi connectivity index (χ1n) is 12.6. The minimum atomic E-state index is -3.45. The van der Waals surface area contributed by atoms with Crippen LogP contribution >= 0.6 is 23.2 Å². The second-order valence-corrected chi connectivity index (χ2v) is 12.0.